The summed E-state index contributed by atoms with van der Waals surface area (Å²) < 4.78 is 11.3. The molecule has 0 saturated heterocycles. The van der Waals surface area contributed by atoms with Gasteiger partial charge in [0.25, 0.3) is 0 Å². The van der Waals surface area contributed by atoms with Gasteiger partial charge in [-0.05, 0) is 36.3 Å². The van der Waals surface area contributed by atoms with Gasteiger partial charge in [0, 0.05) is 16.0 Å². The zero-order chi connectivity index (χ0) is 12.5. The quantitative estimate of drug-likeness (QED) is 0.718. The van der Waals surface area contributed by atoms with Gasteiger partial charge in [-0.2, -0.15) is 0 Å². The summed E-state index contributed by atoms with van der Waals surface area (Å²) in [5.41, 5.74) is 1.09. The topological polar surface area (TPSA) is 18.5 Å². The van der Waals surface area contributed by atoms with Crippen LogP contribution in [0.15, 0.2) is 41.5 Å². The fourth-order valence-electron chi connectivity index (χ4n) is 2.32. The van der Waals surface area contributed by atoms with E-state index in [9.17, 15) is 0 Å². The summed E-state index contributed by atoms with van der Waals surface area (Å²) in [6.07, 6.45) is 6.69. The van der Waals surface area contributed by atoms with Gasteiger partial charge in [0.1, 0.15) is 5.75 Å². The highest BCUT2D eigenvalue weighted by atomic mass is 35.5. The molecule has 4 heteroatoms. The lowest BCUT2D eigenvalue weighted by molar-refractivity contribution is -0.0378. The van der Waals surface area contributed by atoms with E-state index < -0.39 is 0 Å². The Morgan fingerprint density at radius 1 is 1.22 bits per heavy atom. The largest absolute Gasteiger partial charge is 0.467 e. The van der Waals surface area contributed by atoms with Gasteiger partial charge in [0.05, 0.1) is 6.10 Å². The number of fused-ring (bicyclic) bond motifs is 2. The molecule has 0 aromatic heterocycles. The second-order valence-corrected chi connectivity index (χ2v) is 5.30. The Morgan fingerprint density at radius 2 is 2.11 bits per heavy atom. The van der Waals surface area contributed by atoms with Crippen molar-refractivity contribution in [3.63, 3.8) is 0 Å². The zero-order valence-corrected chi connectivity index (χ0v) is 11.1. The smallest absolute Gasteiger partial charge is 0.189 e. The van der Waals surface area contributed by atoms with Gasteiger partial charge >= 0.3 is 0 Å². The monoisotopic (exact) mass is 282 g/mol. The lowest BCUT2D eigenvalue weighted by Crippen LogP contribution is -2.28. The molecule has 1 aromatic carbocycles. The van der Waals surface area contributed by atoms with Gasteiger partial charge in [-0.3, -0.25) is 0 Å². The van der Waals surface area contributed by atoms with E-state index in [4.69, 9.17) is 32.7 Å². The maximum atomic E-state index is 6.05. The highest BCUT2D eigenvalue weighted by molar-refractivity contribution is 6.31. The molecule has 0 fully saturated rings. The van der Waals surface area contributed by atoms with Crippen molar-refractivity contribution in [2.45, 2.75) is 12.5 Å². The van der Waals surface area contributed by atoms with Crippen molar-refractivity contribution in [3.8, 4) is 5.75 Å². The van der Waals surface area contributed by atoms with Crippen LogP contribution in [-0.4, -0.2) is 12.9 Å². The number of rotatable bonds is 0. The third-order valence-electron chi connectivity index (χ3n) is 3.19. The molecule has 94 valence electrons. The van der Waals surface area contributed by atoms with Crippen LogP contribution in [-0.2, 0) is 11.2 Å². The van der Waals surface area contributed by atoms with E-state index in [1.165, 1.54) is 0 Å². The first kappa shape index (κ1) is 12.1. The molecule has 2 nitrogen and oxygen atoms in total. The molecule has 2 aliphatic rings. The van der Waals surface area contributed by atoms with Crippen LogP contribution in [0.25, 0.3) is 0 Å². The van der Waals surface area contributed by atoms with Crippen molar-refractivity contribution >= 4 is 23.2 Å². The van der Waals surface area contributed by atoms with Crippen molar-refractivity contribution in [1.29, 1.82) is 0 Å². The number of hydrogen-bond donors (Lipinski definition) is 0. The summed E-state index contributed by atoms with van der Waals surface area (Å²) in [7, 11) is 0. The van der Waals surface area contributed by atoms with E-state index in [-0.39, 0.29) is 18.8 Å². The van der Waals surface area contributed by atoms with Crippen molar-refractivity contribution in [1.82, 2.24) is 0 Å². The van der Waals surface area contributed by atoms with Gasteiger partial charge in [-0.1, -0.05) is 35.4 Å². The van der Waals surface area contributed by atoms with Gasteiger partial charge in [-0.15, -0.1) is 0 Å². The molecule has 0 radical (unpaired) electrons. The molecular formula is C14H12Cl2O2. The number of hydrogen-bond acceptors (Lipinski definition) is 2. The molecule has 1 heterocycles. The highest BCUT2D eigenvalue weighted by Gasteiger charge is 2.25. The second-order valence-electron chi connectivity index (χ2n) is 4.42. The van der Waals surface area contributed by atoms with E-state index in [1.54, 1.807) is 0 Å². The minimum atomic E-state index is 0.0135. The molecule has 3 rings (SSSR count). The van der Waals surface area contributed by atoms with Crippen LogP contribution in [0.1, 0.15) is 5.56 Å². The fourth-order valence-corrected chi connectivity index (χ4v) is 2.75. The van der Waals surface area contributed by atoms with Crippen LogP contribution in [0, 0.1) is 5.92 Å². The van der Waals surface area contributed by atoms with Crippen molar-refractivity contribution in [2.75, 3.05) is 6.79 Å². The van der Waals surface area contributed by atoms with Crippen LogP contribution >= 0.6 is 23.2 Å². The van der Waals surface area contributed by atoms with Crippen LogP contribution in [0.3, 0.4) is 0 Å². The van der Waals surface area contributed by atoms with Crippen LogP contribution < -0.4 is 4.74 Å². The number of ether oxygens (including phenoxy) is 2. The molecule has 0 N–H and O–H groups in total. The summed E-state index contributed by atoms with van der Waals surface area (Å²) >= 11 is 12.1. The highest BCUT2D eigenvalue weighted by Crippen LogP contribution is 2.32. The van der Waals surface area contributed by atoms with E-state index in [0.29, 0.717) is 0 Å². The molecule has 0 bridgehead atoms. The Balaban J connectivity index is 1.95. The molecule has 2 atom stereocenters. The van der Waals surface area contributed by atoms with Gasteiger partial charge in [-0.25, -0.2) is 0 Å². The molecule has 18 heavy (non-hydrogen) atoms. The molecular weight excluding hydrogens is 271 g/mol. The predicted octanol–water partition coefficient (Wildman–Crippen LogP) is 3.93. The summed E-state index contributed by atoms with van der Waals surface area (Å²) in [5, 5.41) is 1.47. The molecule has 1 aliphatic carbocycles. The summed E-state index contributed by atoms with van der Waals surface area (Å²) in [5.74, 6) is 1.06. The first-order valence-electron chi connectivity index (χ1n) is 5.81. The number of allylic oxidation sites excluding steroid dienone is 2. The Bertz CT molecular complexity index is 523. The van der Waals surface area contributed by atoms with Crippen molar-refractivity contribution in [3.05, 3.63) is 52.0 Å². The number of benzene rings is 1. The maximum absolute atomic E-state index is 6.05. The summed E-state index contributed by atoms with van der Waals surface area (Å²) in [4.78, 5) is 0. The fraction of sp³-hybridized carbons (Fsp3) is 0.286. The van der Waals surface area contributed by atoms with Crippen LogP contribution in [0.5, 0.6) is 5.75 Å². The minimum Gasteiger partial charge on any atom is -0.467 e. The van der Waals surface area contributed by atoms with E-state index >= 15 is 0 Å². The first-order chi connectivity index (χ1) is 8.72. The van der Waals surface area contributed by atoms with E-state index in [1.807, 2.05) is 36.4 Å². The Hall–Kier alpha value is -0.960. The SMILES string of the molecule is ClC1=CC2Cc3cc(Cl)ccc3OCOC2C=C1. The molecule has 0 spiro atoms. The lowest BCUT2D eigenvalue weighted by atomic mass is 9.90. The van der Waals surface area contributed by atoms with E-state index in [0.717, 1.165) is 27.8 Å². The number of halogens is 2. The van der Waals surface area contributed by atoms with Crippen molar-refractivity contribution < 1.29 is 9.47 Å². The second kappa shape index (κ2) is 4.96. The molecule has 0 saturated carbocycles. The van der Waals surface area contributed by atoms with Crippen molar-refractivity contribution in [2.24, 2.45) is 5.92 Å². The standard InChI is InChI=1S/C14H12Cl2O2/c15-11-1-3-13-9(6-11)5-10-7-12(16)2-4-14(10)18-8-17-13/h1-4,6-7,9,13H,5,8H2. The Labute approximate surface area is 116 Å². The van der Waals surface area contributed by atoms with Gasteiger partial charge < -0.3 is 9.47 Å². The Kier molecular flexibility index (Phi) is 3.33. The zero-order valence-electron chi connectivity index (χ0n) is 9.61. The summed E-state index contributed by atoms with van der Waals surface area (Å²) in [6, 6.07) is 5.65. The first-order valence-corrected chi connectivity index (χ1v) is 6.56. The van der Waals surface area contributed by atoms with Crippen LogP contribution in [0.2, 0.25) is 5.02 Å². The average molecular weight is 283 g/mol. The molecule has 1 aliphatic heterocycles. The third kappa shape index (κ3) is 2.41. The molecule has 2 unspecified atom stereocenters. The van der Waals surface area contributed by atoms with E-state index in [2.05, 4.69) is 0 Å². The maximum Gasteiger partial charge on any atom is 0.189 e. The minimum absolute atomic E-state index is 0.0135. The molecule has 1 aromatic rings. The normalized spacial score (nSPS) is 26.2. The third-order valence-corrected chi connectivity index (χ3v) is 3.68. The summed E-state index contributed by atoms with van der Waals surface area (Å²) in [6.45, 7) is 0.242. The van der Waals surface area contributed by atoms with Gasteiger partial charge in [0.15, 0.2) is 6.79 Å². The molecule has 0 amide bonds. The Morgan fingerprint density at radius 3 is 3.00 bits per heavy atom. The lowest BCUT2D eigenvalue weighted by Gasteiger charge is -2.28. The van der Waals surface area contributed by atoms with Gasteiger partial charge in [0.2, 0.25) is 0 Å². The van der Waals surface area contributed by atoms with Crippen LogP contribution in [0.4, 0.5) is 0 Å². The average Bonchev–Trinajstić information content (AvgIpc) is 2.32. The predicted molar refractivity (Wildman–Crippen MR) is 72.1 cm³/mol.